The monoisotopic (exact) mass is 159 g/mol. The van der Waals surface area contributed by atoms with Crippen molar-refractivity contribution in [2.24, 2.45) is 10.2 Å². The summed E-state index contributed by atoms with van der Waals surface area (Å²) in [4.78, 5) is 3.14. The average Bonchev–Trinajstić information content (AvgIpc) is 2.47. The molecule has 1 heterocycles. The summed E-state index contributed by atoms with van der Waals surface area (Å²) in [6.07, 6.45) is 0. The number of nitrogens with one attached hydrogen (secondary N) is 1. The van der Waals surface area contributed by atoms with E-state index in [9.17, 15) is 0 Å². The van der Waals surface area contributed by atoms with Crippen molar-refractivity contribution < 1.29 is 0 Å². The molecular weight excluding hydrogens is 150 g/mol. The number of H-pyrrole nitrogens is 1. The highest BCUT2D eigenvalue weighted by atomic mass is 15.1. The number of aromatic amines is 1. The fourth-order valence-electron chi connectivity index (χ4n) is 1.22. The van der Waals surface area contributed by atoms with E-state index in [0.29, 0.717) is 0 Å². The number of aromatic nitrogens is 1. The summed E-state index contributed by atoms with van der Waals surface area (Å²) in [5, 5.41) is 8.77. The summed E-state index contributed by atoms with van der Waals surface area (Å²) in [6.45, 7) is 0. The first-order valence-electron chi connectivity index (χ1n) is 3.78. The third kappa shape index (κ3) is 1.09. The molecule has 0 atom stereocenters. The molecule has 0 bridgehead atoms. The third-order valence-corrected chi connectivity index (χ3v) is 1.72. The van der Waals surface area contributed by atoms with Crippen molar-refractivity contribution in [3.63, 3.8) is 0 Å². The second-order valence-corrected chi connectivity index (χ2v) is 2.54. The minimum Gasteiger partial charge on any atom is -0.338 e. The minimum atomic E-state index is 0.804. The minimum absolute atomic E-state index is 0.804. The Bertz CT molecular complexity index is 381. The number of para-hydroxylation sites is 1. The first kappa shape index (κ1) is 7.03. The maximum absolute atomic E-state index is 3.91. The lowest BCUT2D eigenvalue weighted by Crippen LogP contribution is -1.63. The molecular formula is C9H9N3. The molecule has 2 rings (SSSR count). The molecule has 0 saturated carbocycles. The smallest absolute Gasteiger partial charge is 0.153 e. The molecule has 0 spiro atoms. The number of benzene rings is 1. The van der Waals surface area contributed by atoms with Crippen LogP contribution >= 0.6 is 0 Å². The normalized spacial score (nSPS) is 11.4. The number of hydrogen-bond acceptors (Lipinski definition) is 2. The molecule has 1 aromatic carbocycles. The number of azo groups is 1. The first-order chi connectivity index (χ1) is 5.90. The van der Waals surface area contributed by atoms with Gasteiger partial charge in [-0.25, -0.2) is 0 Å². The third-order valence-electron chi connectivity index (χ3n) is 1.72. The van der Waals surface area contributed by atoms with Crippen LogP contribution in [0, 0.1) is 0 Å². The summed E-state index contributed by atoms with van der Waals surface area (Å²) >= 11 is 0. The van der Waals surface area contributed by atoms with Crippen LogP contribution in [0.2, 0.25) is 0 Å². The van der Waals surface area contributed by atoms with E-state index in [1.807, 2.05) is 30.3 Å². The Balaban J connectivity index is 2.62. The van der Waals surface area contributed by atoms with Crippen LogP contribution in [0.3, 0.4) is 0 Å². The van der Waals surface area contributed by atoms with Gasteiger partial charge < -0.3 is 4.98 Å². The average molecular weight is 159 g/mol. The molecule has 12 heavy (non-hydrogen) atoms. The Kier molecular flexibility index (Phi) is 1.63. The van der Waals surface area contributed by atoms with Crippen molar-refractivity contribution in [3.05, 3.63) is 30.3 Å². The van der Waals surface area contributed by atoms with Crippen molar-refractivity contribution in [1.82, 2.24) is 4.98 Å². The molecule has 2 aromatic rings. The molecule has 60 valence electrons. The van der Waals surface area contributed by atoms with Crippen LogP contribution in [0.4, 0.5) is 5.82 Å². The molecule has 0 saturated heterocycles. The van der Waals surface area contributed by atoms with E-state index in [0.717, 1.165) is 11.3 Å². The highest BCUT2D eigenvalue weighted by molar-refractivity contribution is 5.82. The van der Waals surface area contributed by atoms with E-state index in [-0.39, 0.29) is 0 Å². The highest BCUT2D eigenvalue weighted by Gasteiger charge is 1.96. The van der Waals surface area contributed by atoms with Gasteiger partial charge in [0.2, 0.25) is 0 Å². The molecule has 0 aliphatic heterocycles. The largest absolute Gasteiger partial charge is 0.338 e. The van der Waals surface area contributed by atoms with Gasteiger partial charge in [0.1, 0.15) is 0 Å². The topological polar surface area (TPSA) is 40.5 Å². The van der Waals surface area contributed by atoms with Gasteiger partial charge in [-0.3, -0.25) is 0 Å². The number of rotatable bonds is 1. The van der Waals surface area contributed by atoms with Gasteiger partial charge >= 0.3 is 0 Å². The van der Waals surface area contributed by atoms with Crippen molar-refractivity contribution >= 4 is 16.7 Å². The van der Waals surface area contributed by atoms with E-state index >= 15 is 0 Å². The maximum atomic E-state index is 3.91. The predicted molar refractivity (Wildman–Crippen MR) is 48.7 cm³/mol. The van der Waals surface area contributed by atoms with E-state index in [2.05, 4.69) is 15.2 Å². The molecule has 1 aromatic heterocycles. The molecule has 0 unspecified atom stereocenters. The summed E-state index contributed by atoms with van der Waals surface area (Å²) in [7, 11) is 1.66. The van der Waals surface area contributed by atoms with Crippen LogP contribution in [-0.2, 0) is 0 Å². The van der Waals surface area contributed by atoms with Crippen molar-refractivity contribution in [3.8, 4) is 0 Å². The number of fused-ring (bicyclic) bond motifs is 1. The molecule has 0 aliphatic rings. The Labute approximate surface area is 70.1 Å². The van der Waals surface area contributed by atoms with Crippen LogP contribution in [0.1, 0.15) is 0 Å². The highest BCUT2D eigenvalue weighted by Crippen LogP contribution is 2.19. The fraction of sp³-hybridized carbons (Fsp3) is 0.111. The lowest BCUT2D eigenvalue weighted by Gasteiger charge is -1.83. The fourth-order valence-corrected chi connectivity index (χ4v) is 1.22. The van der Waals surface area contributed by atoms with Gasteiger partial charge in [-0.2, -0.15) is 5.11 Å². The summed E-state index contributed by atoms with van der Waals surface area (Å²) in [5.74, 6) is 0.804. The van der Waals surface area contributed by atoms with Crippen LogP contribution in [0.15, 0.2) is 40.6 Å². The van der Waals surface area contributed by atoms with Gasteiger partial charge in [0.25, 0.3) is 0 Å². The predicted octanol–water partition coefficient (Wildman–Crippen LogP) is 2.88. The van der Waals surface area contributed by atoms with Gasteiger partial charge in [0.05, 0.1) is 0 Å². The second-order valence-electron chi connectivity index (χ2n) is 2.54. The molecule has 0 radical (unpaired) electrons. The van der Waals surface area contributed by atoms with Crippen LogP contribution in [0.5, 0.6) is 0 Å². The van der Waals surface area contributed by atoms with E-state index in [1.165, 1.54) is 5.39 Å². The van der Waals surface area contributed by atoms with Crippen molar-refractivity contribution in [2.45, 2.75) is 0 Å². The number of hydrogen-bond donors (Lipinski definition) is 1. The van der Waals surface area contributed by atoms with Gasteiger partial charge in [0, 0.05) is 18.0 Å². The molecule has 0 aliphatic carbocycles. The molecule has 3 heteroatoms. The van der Waals surface area contributed by atoms with Gasteiger partial charge in [-0.05, 0) is 12.1 Å². The second kappa shape index (κ2) is 2.77. The van der Waals surface area contributed by atoms with Crippen LogP contribution in [-0.4, -0.2) is 12.0 Å². The standard InChI is InChI=1S/C9H9N3/c1-10-12-9-6-7-4-2-3-5-8(7)11-9/h2-6,11H,1H3. The van der Waals surface area contributed by atoms with Gasteiger partial charge in [-0.1, -0.05) is 18.2 Å². The Morgan fingerprint density at radius 3 is 2.83 bits per heavy atom. The molecule has 0 fully saturated rings. The molecule has 0 amide bonds. The van der Waals surface area contributed by atoms with Crippen LogP contribution in [0.25, 0.3) is 10.9 Å². The lowest BCUT2D eigenvalue weighted by atomic mass is 10.3. The Hall–Kier alpha value is -1.64. The number of nitrogens with zero attached hydrogens (tertiary/aromatic N) is 2. The zero-order chi connectivity index (χ0) is 8.39. The van der Waals surface area contributed by atoms with Crippen LogP contribution < -0.4 is 0 Å². The SMILES string of the molecule is CN=Nc1cc2ccccc2[nH]1. The van der Waals surface area contributed by atoms with E-state index < -0.39 is 0 Å². The lowest BCUT2D eigenvalue weighted by molar-refractivity contribution is 1.14. The van der Waals surface area contributed by atoms with Gasteiger partial charge in [0.15, 0.2) is 5.82 Å². The summed E-state index contributed by atoms with van der Waals surface area (Å²) < 4.78 is 0. The quantitative estimate of drug-likeness (QED) is 0.621. The van der Waals surface area contributed by atoms with E-state index in [1.54, 1.807) is 7.05 Å². The van der Waals surface area contributed by atoms with Crippen molar-refractivity contribution in [2.75, 3.05) is 7.05 Å². The Morgan fingerprint density at radius 1 is 1.25 bits per heavy atom. The summed E-state index contributed by atoms with van der Waals surface area (Å²) in [5.41, 5.74) is 1.10. The molecule has 3 nitrogen and oxygen atoms in total. The van der Waals surface area contributed by atoms with Crippen molar-refractivity contribution in [1.29, 1.82) is 0 Å². The molecule has 1 N–H and O–H groups in total. The summed E-state index contributed by atoms with van der Waals surface area (Å²) in [6, 6.07) is 10.0. The Morgan fingerprint density at radius 2 is 2.08 bits per heavy atom. The van der Waals surface area contributed by atoms with Gasteiger partial charge in [-0.15, -0.1) is 5.11 Å². The first-order valence-corrected chi connectivity index (χ1v) is 3.78. The van der Waals surface area contributed by atoms with E-state index in [4.69, 9.17) is 0 Å². The zero-order valence-electron chi connectivity index (χ0n) is 6.78. The maximum Gasteiger partial charge on any atom is 0.153 e. The zero-order valence-corrected chi connectivity index (χ0v) is 6.78.